The predicted molar refractivity (Wildman–Crippen MR) is 123 cm³/mol. The number of hydrogen-bond donors (Lipinski definition) is 1. The summed E-state index contributed by atoms with van der Waals surface area (Å²) >= 11 is 0. The maximum atomic E-state index is 13.3. The second-order valence-corrected chi connectivity index (χ2v) is 6.97. The second-order valence-electron chi connectivity index (χ2n) is 6.97. The number of amides is 1. The van der Waals surface area contributed by atoms with Crippen molar-refractivity contribution in [2.24, 2.45) is 0 Å². The number of benzene rings is 3. The number of anilines is 1. The number of nitrogens with one attached hydrogen (secondary N) is 1. The fraction of sp³-hybridized carbons (Fsp3) is 0.0833. The molecule has 0 unspecified atom stereocenters. The number of nitrogens with zero attached hydrogens (tertiary/aromatic N) is 3. The summed E-state index contributed by atoms with van der Waals surface area (Å²) in [4.78, 5) is 24.3. The summed E-state index contributed by atoms with van der Waals surface area (Å²) in [5.41, 5.74) is 1.94. The summed E-state index contributed by atoms with van der Waals surface area (Å²) in [6.07, 6.45) is 1.59. The minimum Gasteiger partial charge on any atom is -0.495 e. The summed E-state index contributed by atoms with van der Waals surface area (Å²) in [6.45, 7) is 0. The van der Waals surface area contributed by atoms with Crippen molar-refractivity contribution in [3.05, 3.63) is 94.7 Å². The van der Waals surface area contributed by atoms with Crippen LogP contribution in [-0.4, -0.2) is 34.8 Å². The average Bonchev–Trinajstić information content (AvgIpc) is 3.30. The highest BCUT2D eigenvalue weighted by Gasteiger charge is 2.23. The zero-order chi connectivity index (χ0) is 23.4. The molecule has 1 heterocycles. The number of para-hydroxylation sites is 3. The molecule has 1 amide bonds. The highest BCUT2D eigenvalue weighted by Crippen LogP contribution is 2.34. The number of nitro benzene ring substituents is 1. The smallest absolute Gasteiger partial charge is 0.311 e. The number of hydrogen-bond acceptors (Lipinski definition) is 6. The molecule has 1 N–H and O–H groups in total. The van der Waals surface area contributed by atoms with Crippen molar-refractivity contribution in [2.75, 3.05) is 19.5 Å². The largest absolute Gasteiger partial charge is 0.495 e. The molecular formula is C24H20N4O5. The first-order valence-electron chi connectivity index (χ1n) is 9.94. The van der Waals surface area contributed by atoms with Crippen molar-refractivity contribution < 1.29 is 19.2 Å². The Hall–Kier alpha value is -4.66. The molecular weight excluding hydrogens is 424 g/mol. The van der Waals surface area contributed by atoms with E-state index in [0.29, 0.717) is 17.0 Å². The molecule has 0 saturated heterocycles. The number of nitro groups is 1. The van der Waals surface area contributed by atoms with Crippen LogP contribution in [0.4, 0.5) is 11.4 Å². The van der Waals surface area contributed by atoms with E-state index >= 15 is 0 Å². The second kappa shape index (κ2) is 9.23. The Morgan fingerprint density at radius 1 is 0.970 bits per heavy atom. The van der Waals surface area contributed by atoms with Gasteiger partial charge >= 0.3 is 5.69 Å². The van der Waals surface area contributed by atoms with E-state index in [4.69, 9.17) is 9.47 Å². The third-order valence-electron chi connectivity index (χ3n) is 4.98. The summed E-state index contributed by atoms with van der Waals surface area (Å²) < 4.78 is 12.0. The van der Waals surface area contributed by atoms with Crippen LogP contribution in [0.1, 0.15) is 10.4 Å². The quantitative estimate of drug-likeness (QED) is 0.326. The van der Waals surface area contributed by atoms with Gasteiger partial charge in [0.1, 0.15) is 11.4 Å². The van der Waals surface area contributed by atoms with Crippen LogP contribution in [-0.2, 0) is 0 Å². The molecule has 0 fully saturated rings. The van der Waals surface area contributed by atoms with Crippen LogP contribution >= 0.6 is 0 Å². The van der Waals surface area contributed by atoms with Gasteiger partial charge in [0.05, 0.1) is 36.1 Å². The van der Waals surface area contributed by atoms with Crippen molar-refractivity contribution in [3.8, 4) is 28.4 Å². The molecule has 0 aliphatic rings. The van der Waals surface area contributed by atoms with E-state index in [1.807, 2.05) is 30.3 Å². The highest BCUT2D eigenvalue weighted by molar-refractivity contribution is 6.08. The Balaban J connectivity index is 1.82. The molecule has 0 atom stereocenters. The molecule has 9 nitrogen and oxygen atoms in total. The van der Waals surface area contributed by atoms with E-state index in [2.05, 4.69) is 10.4 Å². The first-order valence-corrected chi connectivity index (χ1v) is 9.94. The Morgan fingerprint density at radius 3 is 2.36 bits per heavy atom. The Labute approximate surface area is 189 Å². The minimum atomic E-state index is -0.537. The number of rotatable bonds is 7. The van der Waals surface area contributed by atoms with Crippen molar-refractivity contribution in [1.29, 1.82) is 0 Å². The van der Waals surface area contributed by atoms with Crippen molar-refractivity contribution >= 4 is 17.3 Å². The molecule has 0 spiro atoms. The molecule has 3 aromatic carbocycles. The molecule has 0 radical (unpaired) electrons. The molecule has 166 valence electrons. The third-order valence-corrected chi connectivity index (χ3v) is 4.98. The van der Waals surface area contributed by atoms with E-state index in [0.717, 1.165) is 5.69 Å². The zero-order valence-electron chi connectivity index (χ0n) is 17.9. The maximum absolute atomic E-state index is 13.3. The highest BCUT2D eigenvalue weighted by atomic mass is 16.6. The van der Waals surface area contributed by atoms with Gasteiger partial charge in [-0.2, -0.15) is 5.10 Å². The van der Waals surface area contributed by atoms with Crippen LogP contribution in [0.5, 0.6) is 11.5 Å². The van der Waals surface area contributed by atoms with Crippen molar-refractivity contribution in [1.82, 2.24) is 9.78 Å². The van der Waals surface area contributed by atoms with E-state index in [1.165, 1.54) is 26.4 Å². The first kappa shape index (κ1) is 21.6. The molecule has 0 saturated carbocycles. The lowest BCUT2D eigenvalue weighted by atomic mass is 10.1. The van der Waals surface area contributed by atoms with Crippen molar-refractivity contribution in [2.45, 2.75) is 0 Å². The zero-order valence-corrected chi connectivity index (χ0v) is 17.9. The fourth-order valence-electron chi connectivity index (χ4n) is 3.38. The van der Waals surface area contributed by atoms with Gasteiger partial charge in [0, 0.05) is 17.8 Å². The van der Waals surface area contributed by atoms with Gasteiger partial charge in [-0.25, -0.2) is 4.68 Å². The fourth-order valence-corrected chi connectivity index (χ4v) is 3.38. The van der Waals surface area contributed by atoms with Crippen LogP contribution in [0.3, 0.4) is 0 Å². The topological polar surface area (TPSA) is 109 Å². The van der Waals surface area contributed by atoms with Crippen LogP contribution in [0, 0.1) is 10.1 Å². The number of ether oxygens (including phenoxy) is 2. The van der Waals surface area contributed by atoms with E-state index in [1.54, 1.807) is 41.2 Å². The molecule has 0 aliphatic heterocycles. The third kappa shape index (κ3) is 4.38. The van der Waals surface area contributed by atoms with Crippen LogP contribution in [0.2, 0.25) is 0 Å². The molecule has 4 aromatic rings. The number of methoxy groups -OCH3 is 2. The minimum absolute atomic E-state index is 0.117. The number of carbonyl (C=O) groups is 1. The summed E-state index contributed by atoms with van der Waals surface area (Å²) in [5.74, 6) is 0.185. The summed E-state index contributed by atoms with van der Waals surface area (Å²) in [5, 5.41) is 18.9. The van der Waals surface area contributed by atoms with Gasteiger partial charge in [-0.1, -0.05) is 30.3 Å². The lowest BCUT2D eigenvalue weighted by Crippen LogP contribution is -2.13. The monoisotopic (exact) mass is 444 g/mol. The van der Waals surface area contributed by atoms with Crippen LogP contribution < -0.4 is 14.8 Å². The lowest BCUT2D eigenvalue weighted by molar-refractivity contribution is -0.385. The Bertz CT molecular complexity index is 1320. The number of carbonyl (C=O) groups excluding carboxylic acids is 1. The van der Waals surface area contributed by atoms with E-state index in [-0.39, 0.29) is 22.7 Å². The number of aromatic nitrogens is 2. The SMILES string of the molecule is COc1ccccc1NC(=O)c1cn(-c2ccccc2)nc1-c1ccc(OC)c([N+](=O)[O-])c1. The van der Waals surface area contributed by atoms with Crippen LogP contribution in [0.25, 0.3) is 16.9 Å². The summed E-state index contributed by atoms with van der Waals surface area (Å²) in [7, 11) is 2.87. The average molecular weight is 444 g/mol. The molecule has 9 heteroatoms. The van der Waals surface area contributed by atoms with Crippen molar-refractivity contribution in [3.63, 3.8) is 0 Å². The van der Waals surface area contributed by atoms with Gasteiger partial charge in [-0.15, -0.1) is 0 Å². The summed E-state index contributed by atoms with van der Waals surface area (Å²) in [6, 6.07) is 20.7. The van der Waals surface area contributed by atoms with Gasteiger partial charge in [-0.05, 0) is 36.4 Å². The Kier molecular flexibility index (Phi) is 6.03. The van der Waals surface area contributed by atoms with Gasteiger partial charge in [0.25, 0.3) is 5.91 Å². The predicted octanol–water partition coefficient (Wildman–Crippen LogP) is 4.72. The molecule has 4 rings (SSSR count). The lowest BCUT2D eigenvalue weighted by Gasteiger charge is -2.10. The normalized spacial score (nSPS) is 10.5. The van der Waals surface area contributed by atoms with Gasteiger partial charge < -0.3 is 14.8 Å². The van der Waals surface area contributed by atoms with Crippen LogP contribution in [0.15, 0.2) is 79.0 Å². The van der Waals surface area contributed by atoms with Gasteiger partial charge in [-0.3, -0.25) is 14.9 Å². The van der Waals surface area contributed by atoms with E-state index < -0.39 is 10.8 Å². The molecule has 1 aromatic heterocycles. The van der Waals surface area contributed by atoms with Gasteiger partial charge in [0.2, 0.25) is 0 Å². The maximum Gasteiger partial charge on any atom is 0.311 e. The first-order chi connectivity index (χ1) is 16.0. The Morgan fingerprint density at radius 2 is 1.67 bits per heavy atom. The molecule has 0 bridgehead atoms. The molecule has 0 aliphatic carbocycles. The van der Waals surface area contributed by atoms with Gasteiger partial charge in [0.15, 0.2) is 5.75 Å². The molecule has 33 heavy (non-hydrogen) atoms. The standard InChI is InChI=1S/C24H20N4O5/c1-32-21-11-7-6-10-19(21)25-24(29)18-15-27(17-8-4-3-5-9-17)26-23(18)16-12-13-22(33-2)20(14-16)28(30)31/h3-15H,1-2H3,(H,25,29). The van der Waals surface area contributed by atoms with E-state index in [9.17, 15) is 14.9 Å².